The van der Waals surface area contributed by atoms with Gasteiger partial charge >= 0.3 is 0 Å². The van der Waals surface area contributed by atoms with Crippen LogP contribution in [-0.4, -0.2) is 54.8 Å². The Labute approximate surface area is 234 Å². The number of piperidine rings is 1. The van der Waals surface area contributed by atoms with Crippen molar-refractivity contribution in [3.63, 3.8) is 0 Å². The number of halogens is 2. The van der Waals surface area contributed by atoms with Crippen molar-refractivity contribution in [2.24, 2.45) is 0 Å². The molecule has 1 spiro atoms. The molecule has 1 N–H and O–H groups in total. The summed E-state index contributed by atoms with van der Waals surface area (Å²) in [6.07, 6.45) is 3.11. The Morgan fingerprint density at radius 1 is 1.00 bits per heavy atom. The van der Waals surface area contributed by atoms with Crippen LogP contribution in [-0.2, 0) is 16.8 Å². The Bertz CT molecular complexity index is 1310. The van der Waals surface area contributed by atoms with Crippen LogP contribution in [0.4, 0.5) is 0 Å². The first-order valence-electron chi connectivity index (χ1n) is 13.2. The zero-order chi connectivity index (χ0) is 26.7. The number of rotatable bonds is 7. The van der Waals surface area contributed by atoms with E-state index in [9.17, 15) is 9.59 Å². The molecule has 1 fully saturated rings. The van der Waals surface area contributed by atoms with E-state index in [2.05, 4.69) is 28.4 Å². The number of nitrogens with one attached hydrogen (secondary N) is 1. The summed E-state index contributed by atoms with van der Waals surface area (Å²) < 4.78 is 0. The molecule has 2 heterocycles. The van der Waals surface area contributed by atoms with Gasteiger partial charge in [0.25, 0.3) is 5.91 Å². The molecule has 0 unspecified atom stereocenters. The SMILES string of the molecule is CN(C[C@@H](CCN1CCC2(CC1)NC(=O)Cc1ccccc12)c1ccc(Cl)c(Cl)c1)C(=O)c1ccccc1. The van der Waals surface area contributed by atoms with E-state index in [-0.39, 0.29) is 23.3 Å². The van der Waals surface area contributed by atoms with Crippen molar-refractivity contribution >= 4 is 35.0 Å². The molecule has 0 saturated carbocycles. The zero-order valence-electron chi connectivity index (χ0n) is 21.6. The molecular formula is C31H33Cl2N3O2. The number of likely N-dealkylation sites (N-methyl/N-ethyl adjacent to an activating group) is 1. The van der Waals surface area contributed by atoms with E-state index < -0.39 is 0 Å². The smallest absolute Gasteiger partial charge is 0.253 e. The number of carbonyl (C=O) groups is 2. The van der Waals surface area contributed by atoms with E-state index in [1.165, 1.54) is 5.56 Å². The lowest BCUT2D eigenvalue weighted by atomic mass is 9.75. The minimum Gasteiger partial charge on any atom is -0.346 e. The van der Waals surface area contributed by atoms with E-state index in [1.54, 1.807) is 4.90 Å². The molecule has 0 aliphatic carbocycles. The Morgan fingerprint density at radius 2 is 1.71 bits per heavy atom. The third-order valence-corrected chi connectivity index (χ3v) is 8.78. The maximum absolute atomic E-state index is 13.1. The number of fused-ring (bicyclic) bond motifs is 2. The molecule has 0 radical (unpaired) electrons. The lowest BCUT2D eigenvalue weighted by Gasteiger charge is -2.46. The van der Waals surface area contributed by atoms with Crippen LogP contribution in [0.3, 0.4) is 0 Å². The molecule has 1 saturated heterocycles. The van der Waals surface area contributed by atoms with Crippen molar-refractivity contribution in [2.45, 2.75) is 37.1 Å². The summed E-state index contributed by atoms with van der Waals surface area (Å²) >= 11 is 12.6. The van der Waals surface area contributed by atoms with Crippen LogP contribution in [0.25, 0.3) is 0 Å². The third-order valence-electron chi connectivity index (χ3n) is 8.04. The van der Waals surface area contributed by atoms with Crippen LogP contribution in [0.2, 0.25) is 10.0 Å². The second kappa shape index (κ2) is 11.5. The maximum Gasteiger partial charge on any atom is 0.253 e. The highest BCUT2D eigenvalue weighted by Gasteiger charge is 2.41. The molecule has 3 aromatic rings. The molecule has 38 heavy (non-hydrogen) atoms. The fourth-order valence-corrected chi connectivity index (χ4v) is 6.23. The molecule has 0 bridgehead atoms. The van der Waals surface area contributed by atoms with Crippen molar-refractivity contribution in [3.05, 3.63) is 105 Å². The molecule has 2 aliphatic heterocycles. The summed E-state index contributed by atoms with van der Waals surface area (Å²) in [5.41, 5.74) is 3.91. The standard InChI is InChI=1S/C31H33Cl2N3O2/c1-35(30(38)22-7-3-2-4-8-22)21-25(23-11-12-27(32)28(33)19-23)13-16-36-17-14-31(15-18-36)26-10-6-5-9-24(26)20-29(37)34-31/h2-12,19,25H,13-18,20-21H2,1H3,(H,34,37)/t25-/m1/s1. The van der Waals surface area contributed by atoms with E-state index in [0.29, 0.717) is 28.6 Å². The first-order valence-corrected chi connectivity index (χ1v) is 14.0. The van der Waals surface area contributed by atoms with Crippen molar-refractivity contribution in [3.8, 4) is 0 Å². The first kappa shape index (κ1) is 26.7. The highest BCUT2D eigenvalue weighted by molar-refractivity contribution is 6.42. The fourth-order valence-electron chi connectivity index (χ4n) is 5.93. The van der Waals surface area contributed by atoms with Crippen LogP contribution >= 0.6 is 23.2 Å². The van der Waals surface area contributed by atoms with E-state index >= 15 is 0 Å². The van der Waals surface area contributed by atoms with Crippen molar-refractivity contribution in [2.75, 3.05) is 33.2 Å². The predicted molar refractivity (Wildman–Crippen MR) is 153 cm³/mol. The number of amides is 2. The summed E-state index contributed by atoms with van der Waals surface area (Å²) in [5.74, 6) is 0.221. The minimum absolute atomic E-state index is 0.00211. The van der Waals surface area contributed by atoms with Gasteiger partial charge < -0.3 is 15.1 Å². The highest BCUT2D eigenvalue weighted by Crippen LogP contribution is 2.38. The number of hydrogen-bond donors (Lipinski definition) is 1. The number of hydrogen-bond acceptors (Lipinski definition) is 3. The van der Waals surface area contributed by atoms with Crippen LogP contribution in [0.5, 0.6) is 0 Å². The molecule has 2 aliphatic rings. The van der Waals surface area contributed by atoms with Crippen molar-refractivity contribution in [1.29, 1.82) is 0 Å². The number of carbonyl (C=O) groups excluding carboxylic acids is 2. The topological polar surface area (TPSA) is 52.6 Å². The van der Waals surface area contributed by atoms with E-state index in [0.717, 1.165) is 50.0 Å². The van der Waals surface area contributed by atoms with Gasteiger partial charge in [0.1, 0.15) is 0 Å². The normalized spacial score (nSPS) is 17.5. The van der Waals surface area contributed by atoms with Gasteiger partial charge in [0.05, 0.1) is 22.0 Å². The second-order valence-electron chi connectivity index (χ2n) is 10.5. The summed E-state index contributed by atoms with van der Waals surface area (Å²) in [6.45, 7) is 3.28. The Balaban J connectivity index is 1.27. The molecule has 5 rings (SSSR count). The minimum atomic E-state index is -0.270. The van der Waals surface area contributed by atoms with Crippen LogP contribution in [0.15, 0.2) is 72.8 Å². The van der Waals surface area contributed by atoms with Crippen molar-refractivity contribution in [1.82, 2.24) is 15.1 Å². The van der Waals surface area contributed by atoms with Crippen LogP contribution in [0, 0.1) is 0 Å². The molecule has 1 atom stereocenters. The lowest BCUT2D eigenvalue weighted by Crippen LogP contribution is -2.56. The van der Waals surface area contributed by atoms with E-state index in [1.807, 2.05) is 61.6 Å². The Hall–Kier alpha value is -2.86. The molecule has 0 aromatic heterocycles. The number of benzene rings is 3. The number of likely N-dealkylation sites (tertiary alicyclic amines) is 1. The summed E-state index contributed by atoms with van der Waals surface area (Å²) in [6, 6.07) is 23.5. The zero-order valence-corrected chi connectivity index (χ0v) is 23.1. The monoisotopic (exact) mass is 549 g/mol. The van der Waals surface area contributed by atoms with E-state index in [4.69, 9.17) is 23.2 Å². The summed E-state index contributed by atoms with van der Waals surface area (Å²) in [4.78, 5) is 29.8. The predicted octanol–water partition coefficient (Wildman–Crippen LogP) is 5.90. The molecule has 2 amide bonds. The van der Waals surface area contributed by atoms with Gasteiger partial charge in [-0.15, -0.1) is 0 Å². The average molecular weight is 551 g/mol. The Morgan fingerprint density at radius 3 is 2.45 bits per heavy atom. The quantitative estimate of drug-likeness (QED) is 0.399. The third kappa shape index (κ3) is 5.75. The number of nitrogens with zero attached hydrogens (tertiary/aromatic N) is 2. The second-order valence-corrected chi connectivity index (χ2v) is 11.3. The van der Waals surface area contributed by atoms with Crippen LogP contribution < -0.4 is 5.32 Å². The van der Waals surface area contributed by atoms with Gasteiger partial charge in [-0.2, -0.15) is 0 Å². The molecule has 198 valence electrons. The van der Waals surface area contributed by atoms with Gasteiger partial charge in [-0.05, 0) is 66.8 Å². The first-order chi connectivity index (χ1) is 18.3. The Kier molecular flexibility index (Phi) is 8.08. The molecule has 7 heteroatoms. The van der Waals surface area contributed by atoms with Gasteiger partial charge in [-0.3, -0.25) is 9.59 Å². The van der Waals surface area contributed by atoms with Gasteiger partial charge in [0.15, 0.2) is 0 Å². The van der Waals surface area contributed by atoms with Gasteiger partial charge in [-0.1, -0.05) is 71.7 Å². The van der Waals surface area contributed by atoms with Gasteiger partial charge in [0.2, 0.25) is 5.91 Å². The summed E-state index contributed by atoms with van der Waals surface area (Å²) in [7, 11) is 1.85. The average Bonchev–Trinajstić information content (AvgIpc) is 2.93. The molecular weight excluding hydrogens is 517 g/mol. The van der Waals surface area contributed by atoms with Crippen molar-refractivity contribution < 1.29 is 9.59 Å². The maximum atomic E-state index is 13.1. The largest absolute Gasteiger partial charge is 0.346 e. The molecule has 5 nitrogen and oxygen atoms in total. The van der Waals surface area contributed by atoms with Gasteiger partial charge in [-0.25, -0.2) is 0 Å². The fraction of sp³-hybridized carbons (Fsp3) is 0.355. The summed E-state index contributed by atoms with van der Waals surface area (Å²) in [5, 5.41) is 4.38. The van der Waals surface area contributed by atoms with Crippen LogP contribution in [0.1, 0.15) is 52.2 Å². The lowest BCUT2D eigenvalue weighted by molar-refractivity contribution is -0.124. The highest BCUT2D eigenvalue weighted by atomic mass is 35.5. The molecule has 3 aromatic carbocycles. The van der Waals surface area contributed by atoms with Gasteiger partial charge in [0, 0.05) is 38.2 Å².